The molecule has 1 aliphatic rings. The first kappa shape index (κ1) is 14.3. The summed E-state index contributed by atoms with van der Waals surface area (Å²) in [4.78, 5) is 0. The summed E-state index contributed by atoms with van der Waals surface area (Å²) in [6.07, 6.45) is 3.43. The van der Waals surface area contributed by atoms with Gasteiger partial charge in [-0.05, 0) is 41.5 Å². The molecule has 0 radical (unpaired) electrons. The minimum absolute atomic E-state index is 0.214. The van der Waals surface area contributed by atoms with E-state index in [4.69, 9.17) is 10.5 Å². The average molecular weight is 260 g/mol. The van der Waals surface area contributed by atoms with Crippen LogP contribution in [0.1, 0.15) is 35.6 Å². The maximum Gasteiger partial charge on any atom is 0.0587 e. The Kier molecular flexibility index (Phi) is 5.14. The van der Waals surface area contributed by atoms with Gasteiger partial charge in [0.05, 0.1) is 6.61 Å². The molecular weight excluding hydrogens is 236 g/mol. The van der Waals surface area contributed by atoms with E-state index in [1.165, 1.54) is 23.1 Å². The van der Waals surface area contributed by atoms with Gasteiger partial charge in [-0.3, -0.25) is 0 Å². The van der Waals surface area contributed by atoms with Crippen LogP contribution in [0.25, 0.3) is 5.57 Å². The molecular formula is C16H24N2O. The molecule has 3 N–H and O–H groups in total. The van der Waals surface area contributed by atoms with E-state index in [1.807, 2.05) is 0 Å². The third kappa shape index (κ3) is 3.66. The number of fused-ring (bicyclic) bond motifs is 1. The minimum atomic E-state index is 0.214. The lowest BCUT2D eigenvalue weighted by atomic mass is 9.86. The van der Waals surface area contributed by atoms with Crippen molar-refractivity contribution in [3.05, 3.63) is 41.5 Å². The van der Waals surface area contributed by atoms with Gasteiger partial charge in [0.2, 0.25) is 0 Å². The van der Waals surface area contributed by atoms with E-state index < -0.39 is 0 Å². The van der Waals surface area contributed by atoms with Crippen LogP contribution in [0.5, 0.6) is 0 Å². The van der Waals surface area contributed by atoms with E-state index in [-0.39, 0.29) is 6.04 Å². The average Bonchev–Trinajstić information content (AvgIpc) is 2.43. The predicted molar refractivity (Wildman–Crippen MR) is 80.1 cm³/mol. The van der Waals surface area contributed by atoms with Crippen molar-refractivity contribution in [3.63, 3.8) is 0 Å². The molecule has 1 aromatic carbocycles. The highest BCUT2D eigenvalue weighted by Crippen LogP contribution is 2.29. The number of nitrogens with one attached hydrogen (secondary N) is 1. The molecule has 1 atom stereocenters. The van der Waals surface area contributed by atoms with Crippen LogP contribution in [-0.2, 0) is 11.2 Å². The largest absolute Gasteiger partial charge is 0.383 e. The third-order valence-corrected chi connectivity index (χ3v) is 3.73. The van der Waals surface area contributed by atoms with Crippen LogP contribution in [-0.4, -0.2) is 26.8 Å². The molecule has 3 nitrogen and oxygen atoms in total. The van der Waals surface area contributed by atoms with E-state index in [1.54, 1.807) is 7.11 Å². The van der Waals surface area contributed by atoms with Gasteiger partial charge in [0.15, 0.2) is 0 Å². The number of benzene rings is 1. The first-order chi connectivity index (χ1) is 9.22. The zero-order valence-electron chi connectivity index (χ0n) is 11.7. The number of nitrogens with two attached hydrogens (primary N) is 1. The van der Waals surface area contributed by atoms with Gasteiger partial charge < -0.3 is 15.8 Å². The lowest BCUT2D eigenvalue weighted by molar-refractivity contribution is 0.200. The molecule has 2 rings (SSSR count). The van der Waals surface area contributed by atoms with Crippen LogP contribution < -0.4 is 11.1 Å². The fraction of sp³-hybridized carbons (Fsp3) is 0.500. The summed E-state index contributed by atoms with van der Waals surface area (Å²) in [5.74, 6) is 0. The maximum absolute atomic E-state index is 6.14. The van der Waals surface area contributed by atoms with Gasteiger partial charge in [-0.2, -0.15) is 0 Å². The van der Waals surface area contributed by atoms with Crippen molar-refractivity contribution in [2.45, 2.75) is 25.3 Å². The molecule has 0 bridgehead atoms. The molecule has 3 heteroatoms. The highest BCUT2D eigenvalue weighted by atomic mass is 16.5. The highest BCUT2D eigenvalue weighted by molar-refractivity contribution is 5.66. The monoisotopic (exact) mass is 260 g/mol. The van der Waals surface area contributed by atoms with Crippen LogP contribution in [0.4, 0.5) is 0 Å². The molecule has 0 amide bonds. The summed E-state index contributed by atoms with van der Waals surface area (Å²) >= 11 is 0. The molecule has 0 spiro atoms. The van der Waals surface area contributed by atoms with Crippen molar-refractivity contribution in [1.29, 1.82) is 0 Å². The van der Waals surface area contributed by atoms with E-state index in [2.05, 4.69) is 30.1 Å². The van der Waals surface area contributed by atoms with Crippen LogP contribution in [0.3, 0.4) is 0 Å². The van der Waals surface area contributed by atoms with Crippen LogP contribution in [0, 0.1) is 0 Å². The summed E-state index contributed by atoms with van der Waals surface area (Å²) in [7, 11) is 1.71. The zero-order chi connectivity index (χ0) is 13.7. The van der Waals surface area contributed by atoms with Gasteiger partial charge in [-0.1, -0.05) is 24.8 Å². The molecule has 0 aliphatic heterocycles. The maximum atomic E-state index is 6.14. The summed E-state index contributed by atoms with van der Waals surface area (Å²) in [6.45, 7) is 6.54. The molecule has 1 aliphatic carbocycles. The lowest BCUT2D eigenvalue weighted by Gasteiger charge is -2.23. The minimum Gasteiger partial charge on any atom is -0.383 e. The number of ether oxygens (including phenoxy) is 1. The Morgan fingerprint density at radius 1 is 1.53 bits per heavy atom. The normalized spacial score (nSPS) is 18.1. The first-order valence-electron chi connectivity index (χ1n) is 6.98. The van der Waals surface area contributed by atoms with Crippen molar-refractivity contribution in [2.24, 2.45) is 5.73 Å². The smallest absolute Gasteiger partial charge is 0.0587 e. The SMILES string of the molecule is C=C(CNCCOC)c1ccc2c(c1)CCCC2N. The number of aryl methyl sites for hydroxylation is 1. The topological polar surface area (TPSA) is 47.3 Å². The molecule has 1 unspecified atom stereocenters. The Bertz CT molecular complexity index is 442. The molecule has 104 valence electrons. The Morgan fingerprint density at radius 3 is 3.16 bits per heavy atom. The lowest BCUT2D eigenvalue weighted by Crippen LogP contribution is -2.21. The van der Waals surface area contributed by atoms with Gasteiger partial charge in [0, 0.05) is 26.2 Å². The molecule has 19 heavy (non-hydrogen) atoms. The molecule has 0 saturated heterocycles. The highest BCUT2D eigenvalue weighted by Gasteiger charge is 2.16. The first-order valence-corrected chi connectivity index (χ1v) is 6.98. The van der Waals surface area contributed by atoms with E-state index in [9.17, 15) is 0 Å². The molecule has 1 aromatic rings. The molecule has 0 aromatic heterocycles. The molecule has 0 fully saturated rings. The number of methoxy groups -OCH3 is 1. The van der Waals surface area contributed by atoms with Gasteiger partial charge in [0.1, 0.15) is 0 Å². The number of rotatable bonds is 6. The van der Waals surface area contributed by atoms with Crippen molar-refractivity contribution >= 4 is 5.57 Å². The van der Waals surface area contributed by atoms with Crippen molar-refractivity contribution in [2.75, 3.05) is 26.8 Å². The Balaban J connectivity index is 1.99. The second kappa shape index (κ2) is 6.85. The van der Waals surface area contributed by atoms with E-state index in [0.717, 1.165) is 38.1 Å². The summed E-state index contributed by atoms with van der Waals surface area (Å²) in [5.41, 5.74) is 11.2. The standard InChI is InChI=1S/C16H24N2O/c1-12(11-18-8-9-19-2)13-6-7-15-14(10-13)4-3-5-16(15)17/h6-7,10,16,18H,1,3-5,8-9,11,17H2,2H3. The second-order valence-corrected chi connectivity index (χ2v) is 5.19. The quantitative estimate of drug-likeness (QED) is 0.771. The Labute approximate surface area is 115 Å². The van der Waals surface area contributed by atoms with Crippen molar-refractivity contribution < 1.29 is 4.74 Å². The molecule has 0 heterocycles. The summed E-state index contributed by atoms with van der Waals surface area (Å²) in [5, 5.41) is 3.32. The fourth-order valence-corrected chi connectivity index (χ4v) is 2.59. The van der Waals surface area contributed by atoms with Gasteiger partial charge in [-0.15, -0.1) is 0 Å². The van der Waals surface area contributed by atoms with Crippen LogP contribution in [0.15, 0.2) is 24.8 Å². The summed E-state index contributed by atoms with van der Waals surface area (Å²) in [6, 6.07) is 6.79. The third-order valence-electron chi connectivity index (χ3n) is 3.73. The number of hydrogen-bond acceptors (Lipinski definition) is 3. The van der Waals surface area contributed by atoms with Gasteiger partial charge in [0.25, 0.3) is 0 Å². The van der Waals surface area contributed by atoms with E-state index >= 15 is 0 Å². The predicted octanol–water partition coefficient (Wildman–Crippen LogP) is 2.27. The second-order valence-electron chi connectivity index (χ2n) is 5.19. The van der Waals surface area contributed by atoms with Gasteiger partial charge in [-0.25, -0.2) is 0 Å². The molecule has 0 saturated carbocycles. The zero-order valence-corrected chi connectivity index (χ0v) is 11.7. The van der Waals surface area contributed by atoms with Crippen LogP contribution in [0.2, 0.25) is 0 Å². The van der Waals surface area contributed by atoms with E-state index in [0.29, 0.717) is 0 Å². The fourth-order valence-electron chi connectivity index (χ4n) is 2.59. The Morgan fingerprint density at radius 2 is 2.37 bits per heavy atom. The van der Waals surface area contributed by atoms with Crippen LogP contribution >= 0.6 is 0 Å². The Hall–Kier alpha value is -1.16. The van der Waals surface area contributed by atoms with Crippen molar-refractivity contribution in [3.8, 4) is 0 Å². The van der Waals surface area contributed by atoms with Crippen molar-refractivity contribution in [1.82, 2.24) is 5.32 Å². The number of hydrogen-bond donors (Lipinski definition) is 2. The van der Waals surface area contributed by atoms with Gasteiger partial charge >= 0.3 is 0 Å². The summed E-state index contributed by atoms with van der Waals surface area (Å²) < 4.78 is 5.01.